The first-order valence-corrected chi connectivity index (χ1v) is 14.3. The highest BCUT2D eigenvalue weighted by atomic mass is 32.2. The van der Waals surface area contributed by atoms with Gasteiger partial charge in [-0.3, -0.25) is 9.59 Å². The number of aromatic amines is 1. The van der Waals surface area contributed by atoms with Crippen molar-refractivity contribution >= 4 is 39.2 Å². The molecule has 0 aromatic carbocycles. The predicted octanol–water partition coefficient (Wildman–Crippen LogP) is 3.96. The Hall–Kier alpha value is -1.38. The van der Waals surface area contributed by atoms with Gasteiger partial charge in [0.25, 0.3) is 5.56 Å². The van der Waals surface area contributed by atoms with Crippen molar-refractivity contribution < 1.29 is 4.79 Å². The summed E-state index contributed by atoms with van der Waals surface area (Å²) in [5.74, 6) is 2.49. The Bertz CT molecular complexity index is 1020. The molecule has 0 spiro atoms. The largest absolute Gasteiger partial charge is 0.337 e. The summed E-state index contributed by atoms with van der Waals surface area (Å²) >= 11 is 3.40. The maximum absolute atomic E-state index is 13.1. The lowest BCUT2D eigenvalue weighted by atomic mass is 9.97. The molecule has 1 saturated carbocycles. The number of carbonyl (C=O) groups is 1. The van der Waals surface area contributed by atoms with Crippen molar-refractivity contribution in [2.45, 2.75) is 82.5 Å². The van der Waals surface area contributed by atoms with E-state index in [4.69, 9.17) is 4.98 Å². The van der Waals surface area contributed by atoms with Gasteiger partial charge >= 0.3 is 0 Å². The van der Waals surface area contributed by atoms with Gasteiger partial charge in [-0.2, -0.15) is 11.8 Å². The molecule has 5 rings (SSSR count). The molecule has 2 fully saturated rings. The number of carbonyl (C=O) groups excluding carboxylic acids is 1. The van der Waals surface area contributed by atoms with Crippen molar-refractivity contribution in [2.24, 2.45) is 0 Å². The highest BCUT2D eigenvalue weighted by Gasteiger charge is 2.38. The number of aryl methyl sites for hydroxylation is 2. The van der Waals surface area contributed by atoms with E-state index in [2.05, 4.69) is 21.7 Å². The van der Waals surface area contributed by atoms with E-state index in [1.807, 2.05) is 0 Å². The molecule has 3 heterocycles. The minimum Gasteiger partial charge on any atom is -0.337 e. The van der Waals surface area contributed by atoms with Crippen LogP contribution in [0.15, 0.2) is 4.79 Å². The number of nitrogens with zero attached hydrogens (tertiary/aromatic N) is 3. The number of thioether (sulfide) groups is 1. The van der Waals surface area contributed by atoms with Crippen molar-refractivity contribution in [2.75, 3.05) is 25.4 Å². The molecule has 8 heteroatoms. The Balaban J connectivity index is 1.15. The summed E-state index contributed by atoms with van der Waals surface area (Å²) in [5, 5.41) is 0.822. The zero-order valence-corrected chi connectivity index (χ0v) is 20.7. The smallest absolute Gasteiger partial charge is 0.259 e. The van der Waals surface area contributed by atoms with Crippen LogP contribution in [0.1, 0.15) is 68.1 Å². The number of piperidine rings is 1. The van der Waals surface area contributed by atoms with Crippen LogP contribution in [0.4, 0.5) is 0 Å². The summed E-state index contributed by atoms with van der Waals surface area (Å²) in [6.07, 6.45) is 9.60. The lowest BCUT2D eigenvalue weighted by molar-refractivity contribution is -0.134. The number of H-pyrrole nitrogens is 1. The van der Waals surface area contributed by atoms with E-state index >= 15 is 0 Å². The molecule has 32 heavy (non-hydrogen) atoms. The van der Waals surface area contributed by atoms with Gasteiger partial charge in [0, 0.05) is 42.2 Å². The average molecular weight is 475 g/mol. The number of fused-ring (bicyclic) bond motifs is 3. The van der Waals surface area contributed by atoms with Crippen LogP contribution in [-0.2, 0) is 23.4 Å². The number of amides is 1. The zero-order chi connectivity index (χ0) is 22.1. The van der Waals surface area contributed by atoms with Crippen LogP contribution in [0.25, 0.3) is 10.2 Å². The lowest BCUT2D eigenvalue weighted by Gasteiger charge is -2.38. The van der Waals surface area contributed by atoms with Crippen LogP contribution in [0.5, 0.6) is 0 Å². The third kappa shape index (κ3) is 4.77. The minimum atomic E-state index is 0.0133. The van der Waals surface area contributed by atoms with Crippen LogP contribution in [0.3, 0.4) is 0 Å². The molecule has 0 atom stereocenters. The van der Waals surface area contributed by atoms with E-state index in [0.717, 1.165) is 67.1 Å². The molecular formula is C24H34N4O2S2. The molecule has 1 N–H and O–H groups in total. The van der Waals surface area contributed by atoms with Gasteiger partial charge < -0.3 is 14.8 Å². The highest BCUT2D eigenvalue weighted by molar-refractivity contribution is 7.98. The number of rotatable bonds is 8. The minimum absolute atomic E-state index is 0.0133. The average Bonchev–Trinajstić information content (AvgIpc) is 3.56. The van der Waals surface area contributed by atoms with Crippen molar-refractivity contribution in [3.8, 4) is 0 Å². The van der Waals surface area contributed by atoms with Gasteiger partial charge in [-0.25, -0.2) is 4.98 Å². The Morgan fingerprint density at radius 1 is 1.19 bits per heavy atom. The lowest BCUT2D eigenvalue weighted by Crippen LogP contribution is -2.48. The maximum atomic E-state index is 13.1. The number of nitrogens with one attached hydrogen (secondary N) is 1. The fraction of sp³-hybridized carbons (Fsp3) is 0.708. The van der Waals surface area contributed by atoms with Crippen LogP contribution >= 0.6 is 23.1 Å². The first-order chi connectivity index (χ1) is 15.6. The summed E-state index contributed by atoms with van der Waals surface area (Å²) in [6, 6.07) is 0.907. The Labute approximate surface area is 198 Å². The summed E-state index contributed by atoms with van der Waals surface area (Å²) in [5.41, 5.74) is 1.25. The van der Waals surface area contributed by atoms with Gasteiger partial charge in [0.2, 0.25) is 5.91 Å². The van der Waals surface area contributed by atoms with E-state index in [1.54, 1.807) is 23.1 Å². The summed E-state index contributed by atoms with van der Waals surface area (Å²) in [4.78, 5) is 40.5. The molecule has 1 aliphatic heterocycles. The van der Waals surface area contributed by atoms with Crippen molar-refractivity contribution in [1.29, 1.82) is 0 Å². The fourth-order valence-corrected chi connectivity index (χ4v) is 7.38. The maximum Gasteiger partial charge on any atom is 0.259 e. The fourth-order valence-electron chi connectivity index (χ4n) is 5.31. The first-order valence-electron chi connectivity index (χ1n) is 12.3. The van der Waals surface area contributed by atoms with Crippen LogP contribution in [-0.4, -0.2) is 63.1 Å². The Kier molecular flexibility index (Phi) is 6.90. The molecule has 1 amide bonds. The molecule has 0 bridgehead atoms. The normalized spacial score (nSPS) is 19.9. The zero-order valence-electron chi connectivity index (χ0n) is 19.0. The van der Waals surface area contributed by atoms with E-state index < -0.39 is 0 Å². The number of hydrogen-bond acceptors (Lipinski definition) is 6. The highest BCUT2D eigenvalue weighted by Crippen LogP contribution is 2.34. The predicted molar refractivity (Wildman–Crippen MR) is 133 cm³/mol. The third-order valence-corrected chi connectivity index (χ3v) is 9.36. The molecule has 0 unspecified atom stereocenters. The van der Waals surface area contributed by atoms with Crippen molar-refractivity contribution in [3.63, 3.8) is 0 Å². The monoisotopic (exact) mass is 474 g/mol. The molecule has 174 valence electrons. The van der Waals surface area contributed by atoms with E-state index in [0.29, 0.717) is 30.2 Å². The van der Waals surface area contributed by atoms with Gasteiger partial charge in [0.15, 0.2) is 0 Å². The number of likely N-dealkylation sites (tertiary alicyclic amines) is 1. The molecule has 1 saturated heterocycles. The van der Waals surface area contributed by atoms with E-state index in [9.17, 15) is 9.59 Å². The molecule has 3 aliphatic rings. The van der Waals surface area contributed by atoms with Gasteiger partial charge in [0.1, 0.15) is 10.7 Å². The standard InChI is InChI=1S/C24H34N4O2S2/c1-2-27-12-9-17(10-13-27)28(16-7-8-16)21(29)11-14-31-15-20-25-23(30)22-18-5-3-4-6-19(18)32-24(22)26-20/h16-17H,2-15H2,1H3,(H,25,26,30). The van der Waals surface area contributed by atoms with Gasteiger partial charge in [-0.05, 0) is 63.5 Å². The van der Waals surface area contributed by atoms with Crippen molar-refractivity contribution in [3.05, 3.63) is 26.6 Å². The summed E-state index contributed by atoms with van der Waals surface area (Å²) < 4.78 is 0. The Morgan fingerprint density at radius 3 is 2.69 bits per heavy atom. The number of thiophene rings is 1. The molecule has 0 radical (unpaired) electrons. The first kappa shape index (κ1) is 22.4. The molecule has 2 aromatic heterocycles. The number of hydrogen-bond donors (Lipinski definition) is 1. The van der Waals surface area contributed by atoms with Crippen LogP contribution in [0.2, 0.25) is 0 Å². The Morgan fingerprint density at radius 2 is 1.94 bits per heavy atom. The quantitative estimate of drug-likeness (QED) is 0.587. The number of aromatic nitrogens is 2. The van der Waals surface area contributed by atoms with Gasteiger partial charge in [0.05, 0.1) is 11.1 Å². The van der Waals surface area contributed by atoms with Gasteiger partial charge in [-0.1, -0.05) is 6.92 Å². The van der Waals surface area contributed by atoms with Crippen LogP contribution < -0.4 is 5.56 Å². The van der Waals surface area contributed by atoms with Crippen molar-refractivity contribution in [1.82, 2.24) is 19.8 Å². The van der Waals surface area contributed by atoms with E-state index in [1.165, 1.54) is 36.1 Å². The van der Waals surface area contributed by atoms with Gasteiger partial charge in [-0.15, -0.1) is 11.3 Å². The molecular weight excluding hydrogens is 440 g/mol. The van der Waals surface area contributed by atoms with Crippen LogP contribution in [0, 0.1) is 0 Å². The third-order valence-electron chi connectivity index (χ3n) is 7.20. The second-order valence-corrected chi connectivity index (χ2v) is 11.6. The molecule has 2 aliphatic carbocycles. The summed E-state index contributed by atoms with van der Waals surface area (Å²) in [6.45, 7) is 5.55. The molecule has 6 nitrogen and oxygen atoms in total. The second-order valence-electron chi connectivity index (χ2n) is 9.40. The SMILES string of the molecule is CCN1CCC(N(C(=O)CCSCc2nc3sc4c(c3c(=O)[nH]2)CCCC4)C2CC2)CC1. The molecule has 2 aromatic rings. The summed E-state index contributed by atoms with van der Waals surface area (Å²) in [7, 11) is 0. The second kappa shape index (κ2) is 9.85. The topological polar surface area (TPSA) is 69.3 Å². The van der Waals surface area contributed by atoms with E-state index in [-0.39, 0.29) is 5.56 Å².